The molecule has 1 aromatic rings. The second-order valence-electron chi connectivity index (χ2n) is 8.09. The van der Waals surface area contributed by atoms with E-state index in [1.54, 1.807) is 12.5 Å². The van der Waals surface area contributed by atoms with Gasteiger partial charge in [0.2, 0.25) is 0 Å². The smallest absolute Gasteiger partial charge is 0.165 e. The van der Waals surface area contributed by atoms with Crippen molar-refractivity contribution in [2.75, 3.05) is 0 Å². The molecule has 2 atom stereocenters. The fourth-order valence-electron chi connectivity index (χ4n) is 4.93. The molecule has 2 unspecified atom stereocenters. The van der Waals surface area contributed by atoms with Gasteiger partial charge < -0.3 is 4.42 Å². The van der Waals surface area contributed by atoms with E-state index in [1.807, 2.05) is 6.07 Å². The first-order valence-corrected chi connectivity index (χ1v) is 8.65. The number of hydrogen-bond acceptors (Lipinski definition) is 2. The Kier molecular flexibility index (Phi) is 3.82. The molecule has 0 bridgehead atoms. The molecule has 2 aliphatic rings. The average Bonchev–Trinajstić information content (AvgIpc) is 2.96. The van der Waals surface area contributed by atoms with Crippen LogP contribution in [0.25, 0.3) is 0 Å². The molecular weight excluding hydrogens is 272 g/mol. The summed E-state index contributed by atoms with van der Waals surface area (Å²) in [4.78, 5) is 13.4. The predicted octanol–water partition coefficient (Wildman–Crippen LogP) is 5.33. The molecule has 0 saturated heterocycles. The van der Waals surface area contributed by atoms with Gasteiger partial charge in [0.15, 0.2) is 5.78 Å². The third-order valence-corrected chi connectivity index (χ3v) is 6.29. The summed E-state index contributed by atoms with van der Waals surface area (Å²) in [6.07, 6.45) is 9.75. The maximum absolute atomic E-state index is 13.4. The van der Waals surface area contributed by atoms with Gasteiger partial charge in [-0.2, -0.15) is 0 Å². The lowest BCUT2D eigenvalue weighted by Gasteiger charge is -2.53. The number of Topliss-reactive ketones (excluding diaryl/α,β-unsaturated/α-hetero) is 1. The van der Waals surface area contributed by atoms with Crippen molar-refractivity contribution in [3.8, 4) is 0 Å². The molecule has 120 valence electrons. The molecule has 0 aromatic carbocycles. The highest BCUT2D eigenvalue weighted by Crippen LogP contribution is 2.57. The molecule has 2 nitrogen and oxygen atoms in total. The van der Waals surface area contributed by atoms with Crippen molar-refractivity contribution in [2.24, 2.45) is 16.7 Å². The van der Waals surface area contributed by atoms with E-state index in [0.717, 1.165) is 36.8 Å². The van der Waals surface area contributed by atoms with Crippen LogP contribution in [0.2, 0.25) is 0 Å². The minimum Gasteiger partial charge on any atom is -0.472 e. The topological polar surface area (TPSA) is 30.2 Å². The quantitative estimate of drug-likeness (QED) is 0.754. The van der Waals surface area contributed by atoms with Crippen LogP contribution in [-0.2, 0) is 11.2 Å². The van der Waals surface area contributed by atoms with Crippen LogP contribution < -0.4 is 0 Å². The largest absolute Gasteiger partial charge is 0.472 e. The number of hydrogen-bond donors (Lipinski definition) is 0. The molecule has 1 aromatic heterocycles. The molecular formula is C20H28O2. The zero-order valence-corrected chi connectivity index (χ0v) is 14.4. The molecule has 0 aliphatic heterocycles. The summed E-state index contributed by atoms with van der Waals surface area (Å²) in [5.41, 5.74) is 3.67. The molecule has 1 fully saturated rings. The number of fused-ring (bicyclic) bond motifs is 1. The molecule has 22 heavy (non-hydrogen) atoms. The highest BCUT2D eigenvalue weighted by Gasteiger charge is 2.53. The first-order valence-electron chi connectivity index (χ1n) is 8.65. The summed E-state index contributed by atoms with van der Waals surface area (Å²) in [6.45, 7) is 9.13. The minimum absolute atomic E-state index is 0.167. The van der Waals surface area contributed by atoms with E-state index < -0.39 is 0 Å². The van der Waals surface area contributed by atoms with Crippen molar-refractivity contribution in [3.05, 3.63) is 35.3 Å². The Balaban J connectivity index is 2.01. The summed E-state index contributed by atoms with van der Waals surface area (Å²) in [5.74, 6) is 0.902. The first-order chi connectivity index (χ1) is 10.4. The number of carbonyl (C=O) groups is 1. The lowest BCUT2D eigenvalue weighted by atomic mass is 9.50. The standard InChI is InChI=1S/C20H28O2/c1-5-15-12-17-19(2,3)8-6-9-20(17,4)18(21)16(15)11-14-7-10-22-13-14/h7,10,13,17H,5-6,8-9,11-12H2,1-4H3. The Labute approximate surface area is 134 Å². The number of rotatable bonds is 3. The maximum atomic E-state index is 13.4. The molecule has 1 saturated carbocycles. The Bertz CT molecular complexity index is 591. The van der Waals surface area contributed by atoms with Crippen LogP contribution in [0.1, 0.15) is 65.4 Å². The van der Waals surface area contributed by atoms with E-state index in [0.29, 0.717) is 11.7 Å². The second kappa shape index (κ2) is 5.40. The van der Waals surface area contributed by atoms with Gasteiger partial charge in [0.25, 0.3) is 0 Å². The number of allylic oxidation sites excluding steroid dienone is 2. The van der Waals surface area contributed by atoms with Crippen molar-refractivity contribution < 1.29 is 9.21 Å². The van der Waals surface area contributed by atoms with Crippen molar-refractivity contribution in [3.63, 3.8) is 0 Å². The lowest BCUT2D eigenvalue weighted by molar-refractivity contribution is -0.135. The van der Waals surface area contributed by atoms with Crippen LogP contribution in [-0.4, -0.2) is 5.78 Å². The third-order valence-electron chi connectivity index (χ3n) is 6.29. The van der Waals surface area contributed by atoms with E-state index in [1.165, 1.54) is 18.4 Å². The average molecular weight is 300 g/mol. The van der Waals surface area contributed by atoms with Crippen LogP contribution in [0.3, 0.4) is 0 Å². The van der Waals surface area contributed by atoms with Gasteiger partial charge in [-0.1, -0.05) is 39.7 Å². The van der Waals surface area contributed by atoms with E-state index in [4.69, 9.17) is 4.42 Å². The van der Waals surface area contributed by atoms with E-state index in [2.05, 4.69) is 27.7 Å². The van der Waals surface area contributed by atoms with E-state index >= 15 is 0 Å². The molecule has 2 aliphatic carbocycles. The number of carbonyl (C=O) groups excluding carboxylic acids is 1. The summed E-state index contributed by atoms with van der Waals surface area (Å²) in [7, 11) is 0. The molecule has 0 amide bonds. The molecule has 1 heterocycles. The SMILES string of the molecule is CCC1=C(Cc2ccoc2)C(=O)C2(C)CCCC(C)(C)C2C1. The lowest BCUT2D eigenvalue weighted by Crippen LogP contribution is -2.50. The summed E-state index contributed by atoms with van der Waals surface area (Å²) in [6, 6.07) is 1.98. The monoisotopic (exact) mass is 300 g/mol. The van der Waals surface area contributed by atoms with Crippen molar-refractivity contribution >= 4 is 5.78 Å². The molecule has 2 heteroatoms. The maximum Gasteiger partial charge on any atom is 0.165 e. The van der Waals surface area contributed by atoms with Crippen LogP contribution in [0.5, 0.6) is 0 Å². The van der Waals surface area contributed by atoms with Crippen LogP contribution in [0, 0.1) is 16.7 Å². The molecule has 3 rings (SSSR count). The normalized spacial score (nSPS) is 31.3. The van der Waals surface area contributed by atoms with Gasteiger partial charge in [0.05, 0.1) is 12.5 Å². The van der Waals surface area contributed by atoms with Crippen LogP contribution >= 0.6 is 0 Å². The van der Waals surface area contributed by atoms with Crippen LogP contribution in [0.4, 0.5) is 0 Å². The summed E-state index contributed by atoms with van der Waals surface area (Å²) < 4.78 is 5.19. The van der Waals surface area contributed by atoms with E-state index in [9.17, 15) is 4.79 Å². The Morgan fingerprint density at radius 1 is 1.27 bits per heavy atom. The van der Waals surface area contributed by atoms with Gasteiger partial charge in [0, 0.05) is 11.8 Å². The molecule has 0 radical (unpaired) electrons. The van der Waals surface area contributed by atoms with Gasteiger partial charge in [-0.15, -0.1) is 0 Å². The van der Waals surface area contributed by atoms with Gasteiger partial charge in [0.1, 0.15) is 0 Å². The van der Waals surface area contributed by atoms with Crippen molar-refractivity contribution in [1.82, 2.24) is 0 Å². The fraction of sp³-hybridized carbons (Fsp3) is 0.650. The van der Waals surface area contributed by atoms with Gasteiger partial charge in [-0.3, -0.25) is 4.79 Å². The summed E-state index contributed by atoms with van der Waals surface area (Å²) >= 11 is 0. The van der Waals surface area contributed by atoms with Crippen molar-refractivity contribution in [2.45, 2.75) is 66.2 Å². The van der Waals surface area contributed by atoms with Gasteiger partial charge in [-0.25, -0.2) is 0 Å². The Morgan fingerprint density at radius 3 is 2.68 bits per heavy atom. The minimum atomic E-state index is -0.167. The van der Waals surface area contributed by atoms with Crippen LogP contribution in [0.15, 0.2) is 34.2 Å². The molecule has 0 spiro atoms. The number of ketones is 1. The first kappa shape index (κ1) is 15.6. The van der Waals surface area contributed by atoms with E-state index in [-0.39, 0.29) is 10.8 Å². The fourth-order valence-corrected chi connectivity index (χ4v) is 4.93. The zero-order valence-electron chi connectivity index (χ0n) is 14.4. The zero-order chi connectivity index (χ0) is 16.0. The Hall–Kier alpha value is -1.31. The second-order valence-corrected chi connectivity index (χ2v) is 8.09. The van der Waals surface area contributed by atoms with Gasteiger partial charge in [-0.05, 0) is 54.2 Å². The Morgan fingerprint density at radius 2 is 2.05 bits per heavy atom. The highest BCUT2D eigenvalue weighted by atomic mass is 16.3. The third kappa shape index (κ3) is 2.37. The van der Waals surface area contributed by atoms with Crippen molar-refractivity contribution in [1.29, 1.82) is 0 Å². The highest BCUT2D eigenvalue weighted by molar-refractivity contribution is 6.02. The summed E-state index contributed by atoms with van der Waals surface area (Å²) in [5, 5.41) is 0. The predicted molar refractivity (Wildman–Crippen MR) is 88.6 cm³/mol. The molecule has 0 N–H and O–H groups in total. The van der Waals surface area contributed by atoms with Gasteiger partial charge >= 0.3 is 0 Å². The number of furan rings is 1.